The average Bonchev–Trinajstić information content (AvgIpc) is 3.16. The highest BCUT2D eigenvalue weighted by Gasteiger charge is 2.31. The Bertz CT molecular complexity index is 758. The number of aryl methyl sites for hydroxylation is 2. The molecule has 0 bridgehead atoms. The lowest BCUT2D eigenvalue weighted by atomic mass is 9.86. The zero-order chi connectivity index (χ0) is 16.7. The van der Waals surface area contributed by atoms with Gasteiger partial charge < -0.3 is 10.1 Å². The van der Waals surface area contributed by atoms with Crippen molar-refractivity contribution in [1.29, 1.82) is 0 Å². The van der Waals surface area contributed by atoms with Crippen molar-refractivity contribution in [2.45, 2.75) is 51.0 Å². The van der Waals surface area contributed by atoms with Gasteiger partial charge >= 0.3 is 0 Å². The van der Waals surface area contributed by atoms with Crippen molar-refractivity contribution in [3.05, 3.63) is 41.1 Å². The van der Waals surface area contributed by atoms with Crippen LogP contribution in [0.25, 0.3) is 0 Å². The van der Waals surface area contributed by atoms with Gasteiger partial charge in [-0.3, -0.25) is 9.48 Å². The number of carbonyl (C=O) groups excluding carboxylic acids is 1. The standard InChI is InChI=1S/C19H23N3O2/c1-12-18-16(11-17(23)20-19(18)22(2)21-12)13-7-9-15(10-8-13)24-14-5-3-4-6-14/h7-10,14,16H,3-6,11H2,1-2H3,(H,20,23)/t16-/m1/s1. The molecule has 24 heavy (non-hydrogen) atoms. The molecule has 1 aromatic carbocycles. The Morgan fingerprint density at radius 3 is 2.62 bits per heavy atom. The lowest BCUT2D eigenvalue weighted by Crippen LogP contribution is -2.24. The molecule has 1 fully saturated rings. The van der Waals surface area contributed by atoms with Crippen LogP contribution in [0.3, 0.4) is 0 Å². The molecule has 0 unspecified atom stereocenters. The van der Waals surface area contributed by atoms with Crippen molar-refractivity contribution in [3.63, 3.8) is 0 Å². The Morgan fingerprint density at radius 1 is 1.21 bits per heavy atom. The lowest BCUT2D eigenvalue weighted by Gasteiger charge is -2.24. The van der Waals surface area contributed by atoms with E-state index in [9.17, 15) is 4.79 Å². The number of amides is 1. The van der Waals surface area contributed by atoms with Crippen LogP contribution in [0.15, 0.2) is 24.3 Å². The van der Waals surface area contributed by atoms with Crippen LogP contribution in [0.5, 0.6) is 5.75 Å². The van der Waals surface area contributed by atoms with E-state index in [0.29, 0.717) is 12.5 Å². The topological polar surface area (TPSA) is 56.2 Å². The number of benzene rings is 1. The monoisotopic (exact) mass is 325 g/mol. The molecular weight excluding hydrogens is 302 g/mol. The summed E-state index contributed by atoms with van der Waals surface area (Å²) in [6.45, 7) is 2.00. The summed E-state index contributed by atoms with van der Waals surface area (Å²) >= 11 is 0. The van der Waals surface area contributed by atoms with Gasteiger partial charge in [-0.25, -0.2) is 0 Å². The Morgan fingerprint density at radius 2 is 1.92 bits per heavy atom. The van der Waals surface area contributed by atoms with Gasteiger partial charge in [0.15, 0.2) is 0 Å². The molecular formula is C19H23N3O2. The summed E-state index contributed by atoms with van der Waals surface area (Å²) < 4.78 is 7.80. The van der Waals surface area contributed by atoms with E-state index in [0.717, 1.165) is 41.2 Å². The van der Waals surface area contributed by atoms with Crippen LogP contribution < -0.4 is 10.1 Å². The molecule has 1 aliphatic carbocycles. The van der Waals surface area contributed by atoms with Crippen molar-refractivity contribution in [3.8, 4) is 5.75 Å². The van der Waals surface area contributed by atoms with E-state index in [4.69, 9.17) is 4.74 Å². The first-order valence-electron chi connectivity index (χ1n) is 8.72. The highest BCUT2D eigenvalue weighted by atomic mass is 16.5. The van der Waals surface area contributed by atoms with Crippen LogP contribution in [0.4, 0.5) is 5.82 Å². The second-order valence-corrected chi connectivity index (χ2v) is 6.87. The molecule has 0 spiro atoms. The van der Waals surface area contributed by atoms with Gasteiger partial charge in [0.1, 0.15) is 11.6 Å². The highest BCUT2D eigenvalue weighted by Crippen LogP contribution is 2.39. The van der Waals surface area contributed by atoms with Gasteiger partial charge in [0.25, 0.3) is 0 Å². The number of nitrogens with one attached hydrogen (secondary N) is 1. The van der Waals surface area contributed by atoms with E-state index in [1.807, 2.05) is 26.1 Å². The Hall–Kier alpha value is -2.30. The Labute approximate surface area is 142 Å². The van der Waals surface area contributed by atoms with E-state index in [1.54, 1.807) is 4.68 Å². The van der Waals surface area contributed by atoms with Crippen molar-refractivity contribution in [2.24, 2.45) is 7.05 Å². The number of hydrogen-bond acceptors (Lipinski definition) is 3. The van der Waals surface area contributed by atoms with Crippen LogP contribution in [0.2, 0.25) is 0 Å². The third kappa shape index (κ3) is 2.68. The van der Waals surface area contributed by atoms with Gasteiger partial charge in [0.05, 0.1) is 11.8 Å². The number of ether oxygens (including phenoxy) is 1. The van der Waals surface area contributed by atoms with Crippen molar-refractivity contribution in [1.82, 2.24) is 9.78 Å². The zero-order valence-corrected chi connectivity index (χ0v) is 14.2. The molecule has 1 amide bonds. The maximum Gasteiger partial charge on any atom is 0.226 e. The Balaban J connectivity index is 1.60. The second kappa shape index (κ2) is 5.96. The summed E-state index contributed by atoms with van der Waals surface area (Å²) in [7, 11) is 1.87. The minimum atomic E-state index is 0.0433. The lowest BCUT2D eigenvalue weighted by molar-refractivity contribution is -0.116. The first-order chi connectivity index (χ1) is 11.6. The third-order valence-electron chi connectivity index (χ3n) is 5.15. The van der Waals surface area contributed by atoms with E-state index >= 15 is 0 Å². The van der Waals surface area contributed by atoms with Gasteiger partial charge in [-0.05, 0) is 50.3 Å². The van der Waals surface area contributed by atoms with Gasteiger partial charge in [-0.2, -0.15) is 5.10 Å². The molecule has 1 aromatic heterocycles. The zero-order valence-electron chi connectivity index (χ0n) is 14.2. The summed E-state index contributed by atoms with van der Waals surface area (Å²) in [6, 6.07) is 8.24. The first-order valence-corrected chi connectivity index (χ1v) is 8.72. The van der Waals surface area contributed by atoms with Gasteiger partial charge in [-0.15, -0.1) is 0 Å². The molecule has 4 rings (SSSR count). The van der Waals surface area contributed by atoms with Crippen molar-refractivity contribution < 1.29 is 9.53 Å². The molecule has 1 N–H and O–H groups in total. The molecule has 2 aliphatic rings. The van der Waals surface area contributed by atoms with Crippen molar-refractivity contribution in [2.75, 3.05) is 5.32 Å². The van der Waals surface area contributed by atoms with Crippen LogP contribution >= 0.6 is 0 Å². The highest BCUT2D eigenvalue weighted by molar-refractivity contribution is 5.94. The van der Waals surface area contributed by atoms with E-state index < -0.39 is 0 Å². The molecule has 5 nitrogen and oxygen atoms in total. The molecule has 1 atom stereocenters. The molecule has 2 aromatic rings. The normalized spacial score (nSPS) is 20.8. The summed E-state index contributed by atoms with van der Waals surface area (Å²) in [5.41, 5.74) is 3.24. The predicted octanol–water partition coefficient (Wildman–Crippen LogP) is 3.52. The van der Waals surface area contributed by atoms with E-state index in [-0.39, 0.29) is 11.8 Å². The summed E-state index contributed by atoms with van der Waals surface area (Å²) in [5.74, 6) is 1.85. The number of fused-ring (bicyclic) bond motifs is 1. The number of anilines is 1. The van der Waals surface area contributed by atoms with Crippen LogP contribution in [0.1, 0.15) is 54.8 Å². The smallest absolute Gasteiger partial charge is 0.226 e. The van der Waals surface area contributed by atoms with Crippen LogP contribution in [-0.2, 0) is 11.8 Å². The minimum Gasteiger partial charge on any atom is -0.490 e. The van der Waals surface area contributed by atoms with Crippen LogP contribution in [-0.4, -0.2) is 21.8 Å². The second-order valence-electron chi connectivity index (χ2n) is 6.87. The van der Waals surface area contributed by atoms with Gasteiger partial charge in [0, 0.05) is 24.9 Å². The number of hydrogen-bond donors (Lipinski definition) is 1. The number of aromatic nitrogens is 2. The van der Waals surface area contributed by atoms with Gasteiger partial charge in [-0.1, -0.05) is 12.1 Å². The first kappa shape index (κ1) is 15.2. The molecule has 1 aliphatic heterocycles. The number of carbonyl (C=O) groups is 1. The fourth-order valence-electron chi connectivity index (χ4n) is 3.97. The molecule has 126 valence electrons. The minimum absolute atomic E-state index is 0.0433. The quantitative estimate of drug-likeness (QED) is 0.939. The maximum absolute atomic E-state index is 12.1. The largest absolute Gasteiger partial charge is 0.490 e. The SMILES string of the molecule is Cc1nn(C)c2c1[C@@H](c1ccc(OC3CCCC3)cc1)CC(=O)N2. The third-order valence-corrected chi connectivity index (χ3v) is 5.15. The molecule has 0 radical (unpaired) electrons. The van der Waals surface area contributed by atoms with Crippen LogP contribution in [0, 0.1) is 6.92 Å². The maximum atomic E-state index is 12.1. The van der Waals surface area contributed by atoms with E-state index in [1.165, 1.54) is 12.8 Å². The average molecular weight is 325 g/mol. The molecule has 5 heteroatoms. The summed E-state index contributed by atoms with van der Waals surface area (Å²) in [4.78, 5) is 12.1. The number of rotatable bonds is 3. The van der Waals surface area contributed by atoms with Crippen molar-refractivity contribution >= 4 is 11.7 Å². The fourth-order valence-corrected chi connectivity index (χ4v) is 3.97. The fraction of sp³-hybridized carbons (Fsp3) is 0.474. The predicted molar refractivity (Wildman–Crippen MR) is 92.4 cm³/mol. The molecule has 1 saturated carbocycles. The van der Waals surface area contributed by atoms with Gasteiger partial charge in [0.2, 0.25) is 5.91 Å². The van der Waals surface area contributed by atoms with E-state index in [2.05, 4.69) is 22.5 Å². The summed E-state index contributed by atoms with van der Waals surface area (Å²) in [6.07, 6.45) is 5.67. The molecule has 0 saturated heterocycles. The summed E-state index contributed by atoms with van der Waals surface area (Å²) in [5, 5.41) is 7.41. The number of nitrogens with zero attached hydrogens (tertiary/aromatic N) is 2. The molecule has 2 heterocycles. The Kier molecular flexibility index (Phi) is 3.79.